The van der Waals surface area contributed by atoms with Crippen LogP contribution in [0.4, 0.5) is 23.8 Å². The third kappa shape index (κ3) is 5.60. The zero-order valence-electron chi connectivity index (χ0n) is 14.9. The molecule has 2 rings (SSSR count). The van der Waals surface area contributed by atoms with E-state index in [1.54, 1.807) is 20.8 Å². The Labute approximate surface area is 149 Å². The second-order valence-electron chi connectivity index (χ2n) is 7.18. The van der Waals surface area contributed by atoms with Crippen LogP contribution in [0.2, 0.25) is 0 Å². The van der Waals surface area contributed by atoms with Crippen molar-refractivity contribution in [3.05, 3.63) is 23.9 Å². The Balaban J connectivity index is 1.95. The third-order valence-corrected chi connectivity index (χ3v) is 3.79. The van der Waals surface area contributed by atoms with E-state index in [4.69, 9.17) is 4.74 Å². The molecule has 2 amide bonds. The average molecular weight is 373 g/mol. The van der Waals surface area contributed by atoms with Gasteiger partial charge in [0.1, 0.15) is 11.4 Å². The molecule has 1 fully saturated rings. The zero-order valence-corrected chi connectivity index (χ0v) is 14.9. The van der Waals surface area contributed by atoms with E-state index < -0.39 is 29.4 Å². The molecule has 1 aliphatic heterocycles. The summed E-state index contributed by atoms with van der Waals surface area (Å²) in [5.74, 6) is -0.816. The summed E-state index contributed by atoms with van der Waals surface area (Å²) >= 11 is 0. The number of aromatic nitrogens is 1. The number of carbonyl (C=O) groups excluding carboxylic acids is 2. The third-order valence-electron chi connectivity index (χ3n) is 3.79. The molecule has 1 aliphatic rings. The Hall–Kier alpha value is -2.32. The lowest BCUT2D eigenvalue weighted by molar-refractivity contribution is -0.137. The standard InChI is InChI=1S/C17H22F3N3O3/c1-16(2,3)26-15(25)23-8-4-5-11(10-23)14(24)22-13-7-6-12(9-21-13)17(18,19)20/h6-7,9,11H,4-5,8,10H2,1-3H3,(H,21,22,24). The van der Waals surface area contributed by atoms with Crippen LogP contribution in [0.15, 0.2) is 18.3 Å². The maximum absolute atomic E-state index is 12.5. The number of amides is 2. The predicted octanol–water partition coefficient (Wildman–Crippen LogP) is 3.69. The number of anilines is 1. The molecule has 1 aromatic heterocycles. The van der Waals surface area contributed by atoms with E-state index in [1.807, 2.05) is 0 Å². The summed E-state index contributed by atoms with van der Waals surface area (Å²) in [6.45, 7) is 5.97. The summed E-state index contributed by atoms with van der Waals surface area (Å²) in [7, 11) is 0. The monoisotopic (exact) mass is 373 g/mol. The summed E-state index contributed by atoms with van der Waals surface area (Å²) in [6, 6.07) is 1.96. The van der Waals surface area contributed by atoms with E-state index in [2.05, 4.69) is 10.3 Å². The number of nitrogens with one attached hydrogen (secondary N) is 1. The fourth-order valence-corrected chi connectivity index (χ4v) is 2.55. The number of piperidine rings is 1. The second-order valence-corrected chi connectivity index (χ2v) is 7.18. The molecule has 1 N–H and O–H groups in total. The van der Waals surface area contributed by atoms with E-state index in [9.17, 15) is 22.8 Å². The number of pyridine rings is 1. The normalized spacial score (nSPS) is 18.4. The molecule has 0 aromatic carbocycles. The van der Waals surface area contributed by atoms with Gasteiger partial charge in [-0.1, -0.05) is 0 Å². The fourth-order valence-electron chi connectivity index (χ4n) is 2.55. The molecular formula is C17H22F3N3O3. The number of likely N-dealkylation sites (tertiary alicyclic amines) is 1. The minimum Gasteiger partial charge on any atom is -0.444 e. The van der Waals surface area contributed by atoms with Crippen LogP contribution in [-0.2, 0) is 15.7 Å². The van der Waals surface area contributed by atoms with E-state index in [-0.39, 0.29) is 18.3 Å². The lowest BCUT2D eigenvalue weighted by Crippen LogP contribution is -2.45. The van der Waals surface area contributed by atoms with Crippen molar-refractivity contribution < 1.29 is 27.5 Å². The van der Waals surface area contributed by atoms with Gasteiger partial charge in [-0.3, -0.25) is 4.79 Å². The molecule has 2 heterocycles. The van der Waals surface area contributed by atoms with Gasteiger partial charge in [0.2, 0.25) is 5.91 Å². The van der Waals surface area contributed by atoms with Crippen LogP contribution >= 0.6 is 0 Å². The van der Waals surface area contributed by atoms with E-state index in [0.717, 1.165) is 12.1 Å². The number of nitrogens with zero attached hydrogens (tertiary/aromatic N) is 2. The van der Waals surface area contributed by atoms with Gasteiger partial charge in [0.25, 0.3) is 0 Å². The number of ether oxygens (including phenoxy) is 1. The lowest BCUT2D eigenvalue weighted by atomic mass is 9.97. The molecule has 9 heteroatoms. The highest BCUT2D eigenvalue weighted by Gasteiger charge is 2.32. The number of halogens is 3. The van der Waals surface area contributed by atoms with Gasteiger partial charge in [-0.15, -0.1) is 0 Å². The van der Waals surface area contributed by atoms with Crippen LogP contribution in [0, 0.1) is 5.92 Å². The maximum Gasteiger partial charge on any atom is 0.417 e. The molecule has 0 saturated carbocycles. The van der Waals surface area contributed by atoms with Crippen LogP contribution in [0.1, 0.15) is 39.2 Å². The summed E-state index contributed by atoms with van der Waals surface area (Å²) in [6.07, 6.45) is -3.08. The highest BCUT2D eigenvalue weighted by atomic mass is 19.4. The van der Waals surface area contributed by atoms with Crippen molar-refractivity contribution in [1.29, 1.82) is 0 Å². The first-order valence-corrected chi connectivity index (χ1v) is 8.28. The van der Waals surface area contributed by atoms with Gasteiger partial charge in [-0.25, -0.2) is 9.78 Å². The lowest BCUT2D eigenvalue weighted by Gasteiger charge is -2.33. The van der Waals surface area contributed by atoms with E-state index in [1.165, 1.54) is 4.90 Å². The Morgan fingerprint density at radius 1 is 1.27 bits per heavy atom. The Bertz CT molecular complexity index is 654. The van der Waals surface area contributed by atoms with Crippen LogP contribution < -0.4 is 5.32 Å². The molecule has 6 nitrogen and oxygen atoms in total. The molecule has 26 heavy (non-hydrogen) atoms. The number of carbonyl (C=O) groups is 2. The molecule has 144 valence electrons. The highest BCUT2D eigenvalue weighted by molar-refractivity contribution is 5.92. The largest absolute Gasteiger partial charge is 0.444 e. The first kappa shape index (κ1) is 20.0. The summed E-state index contributed by atoms with van der Waals surface area (Å²) in [5.41, 5.74) is -1.51. The summed E-state index contributed by atoms with van der Waals surface area (Å²) < 4.78 is 42.9. The predicted molar refractivity (Wildman–Crippen MR) is 88.4 cm³/mol. The Kier molecular flexibility index (Phi) is 5.77. The Morgan fingerprint density at radius 2 is 1.96 bits per heavy atom. The first-order chi connectivity index (χ1) is 12.0. The van der Waals surface area contributed by atoms with Crippen LogP contribution in [0.5, 0.6) is 0 Å². The van der Waals surface area contributed by atoms with E-state index in [0.29, 0.717) is 25.6 Å². The van der Waals surface area contributed by atoms with Crippen molar-refractivity contribution in [3.63, 3.8) is 0 Å². The smallest absolute Gasteiger partial charge is 0.417 e. The molecule has 0 aliphatic carbocycles. The van der Waals surface area contributed by atoms with Gasteiger partial charge in [-0.05, 0) is 45.7 Å². The molecule has 0 spiro atoms. The highest BCUT2D eigenvalue weighted by Crippen LogP contribution is 2.29. The number of hydrogen-bond donors (Lipinski definition) is 1. The van der Waals surface area contributed by atoms with Gasteiger partial charge >= 0.3 is 12.3 Å². The number of alkyl halides is 3. The average Bonchev–Trinajstić information content (AvgIpc) is 2.53. The SMILES string of the molecule is CC(C)(C)OC(=O)N1CCCC(C(=O)Nc2ccc(C(F)(F)F)cn2)C1. The van der Waals surface area contributed by atoms with Gasteiger partial charge in [0, 0.05) is 19.3 Å². The number of hydrogen-bond acceptors (Lipinski definition) is 4. The van der Waals surface area contributed by atoms with Gasteiger partial charge in [0.15, 0.2) is 0 Å². The topological polar surface area (TPSA) is 71.5 Å². The maximum atomic E-state index is 12.5. The molecule has 0 radical (unpaired) electrons. The van der Waals surface area contributed by atoms with Crippen molar-refractivity contribution in [1.82, 2.24) is 9.88 Å². The molecule has 1 unspecified atom stereocenters. The van der Waals surface area contributed by atoms with Gasteiger partial charge < -0.3 is 15.0 Å². The molecular weight excluding hydrogens is 351 g/mol. The number of rotatable bonds is 2. The summed E-state index contributed by atoms with van der Waals surface area (Å²) in [5, 5.41) is 2.50. The van der Waals surface area contributed by atoms with Crippen molar-refractivity contribution in [2.75, 3.05) is 18.4 Å². The minimum absolute atomic E-state index is 0.0393. The molecule has 1 aromatic rings. The second kappa shape index (κ2) is 7.51. The quantitative estimate of drug-likeness (QED) is 0.858. The minimum atomic E-state index is -4.48. The van der Waals surface area contributed by atoms with Crippen LogP contribution in [-0.4, -0.2) is 40.6 Å². The van der Waals surface area contributed by atoms with Crippen molar-refractivity contribution in [2.45, 2.75) is 45.4 Å². The zero-order chi connectivity index (χ0) is 19.5. The van der Waals surface area contributed by atoms with Gasteiger partial charge in [-0.2, -0.15) is 13.2 Å². The fraction of sp³-hybridized carbons (Fsp3) is 0.588. The van der Waals surface area contributed by atoms with Crippen molar-refractivity contribution in [2.24, 2.45) is 5.92 Å². The molecule has 0 bridgehead atoms. The molecule has 1 atom stereocenters. The first-order valence-electron chi connectivity index (χ1n) is 8.28. The Morgan fingerprint density at radius 3 is 2.50 bits per heavy atom. The van der Waals surface area contributed by atoms with Crippen LogP contribution in [0.3, 0.4) is 0 Å². The van der Waals surface area contributed by atoms with E-state index >= 15 is 0 Å². The summed E-state index contributed by atoms with van der Waals surface area (Å²) in [4.78, 5) is 29.6. The van der Waals surface area contributed by atoms with Crippen LogP contribution in [0.25, 0.3) is 0 Å². The van der Waals surface area contributed by atoms with Crippen molar-refractivity contribution in [3.8, 4) is 0 Å². The van der Waals surface area contributed by atoms with Gasteiger partial charge in [0.05, 0.1) is 11.5 Å². The molecule has 1 saturated heterocycles. The van der Waals surface area contributed by atoms with Crippen molar-refractivity contribution >= 4 is 17.8 Å².